The van der Waals surface area contributed by atoms with E-state index in [0.29, 0.717) is 0 Å². The van der Waals surface area contributed by atoms with E-state index < -0.39 is 0 Å². The van der Waals surface area contributed by atoms with Crippen molar-refractivity contribution in [2.75, 3.05) is 13.1 Å². The molecule has 0 bridgehead atoms. The molecule has 1 N–H and O–H groups in total. The van der Waals surface area contributed by atoms with Crippen LogP contribution in [0.1, 0.15) is 31.9 Å². The molecule has 0 aliphatic heterocycles. The van der Waals surface area contributed by atoms with Crippen LogP contribution in [0.2, 0.25) is 0 Å². The highest BCUT2D eigenvalue weighted by atomic mass is 15.3. The molecule has 0 spiro atoms. The maximum absolute atomic E-state index is 4.13. The van der Waals surface area contributed by atoms with Crippen molar-refractivity contribution in [2.24, 2.45) is 7.05 Å². The Hall–Kier alpha value is -0.830. The molecule has 1 rings (SSSR count). The molecule has 0 amide bonds. The van der Waals surface area contributed by atoms with Crippen molar-refractivity contribution >= 4 is 0 Å². The second kappa shape index (κ2) is 6.60. The first kappa shape index (κ1) is 11.2. The van der Waals surface area contributed by atoms with Gasteiger partial charge in [0.1, 0.15) is 0 Å². The van der Waals surface area contributed by atoms with Crippen molar-refractivity contribution in [3.8, 4) is 0 Å². The van der Waals surface area contributed by atoms with Gasteiger partial charge >= 0.3 is 0 Å². The molecule has 3 nitrogen and oxygen atoms in total. The van der Waals surface area contributed by atoms with Crippen molar-refractivity contribution in [3.63, 3.8) is 0 Å². The van der Waals surface area contributed by atoms with Crippen molar-refractivity contribution in [1.82, 2.24) is 15.1 Å². The van der Waals surface area contributed by atoms with Gasteiger partial charge in [-0.15, -0.1) is 0 Å². The summed E-state index contributed by atoms with van der Waals surface area (Å²) in [6.45, 7) is 4.44. The van der Waals surface area contributed by atoms with E-state index in [1.807, 2.05) is 17.9 Å². The van der Waals surface area contributed by atoms with Gasteiger partial charge in [-0.3, -0.25) is 4.68 Å². The topological polar surface area (TPSA) is 29.9 Å². The lowest BCUT2D eigenvalue weighted by atomic mass is 10.2. The van der Waals surface area contributed by atoms with Gasteiger partial charge in [0.25, 0.3) is 0 Å². The van der Waals surface area contributed by atoms with Crippen LogP contribution in [0.25, 0.3) is 0 Å². The summed E-state index contributed by atoms with van der Waals surface area (Å²) < 4.78 is 1.94. The van der Waals surface area contributed by atoms with Crippen LogP contribution < -0.4 is 5.32 Å². The van der Waals surface area contributed by atoms with Crippen molar-refractivity contribution in [1.29, 1.82) is 0 Å². The van der Waals surface area contributed by atoms with Crippen LogP contribution >= 0.6 is 0 Å². The SMILES string of the molecule is CCCCCNCCc1ccnn1C. The quantitative estimate of drug-likeness (QED) is 0.672. The van der Waals surface area contributed by atoms with Crippen LogP contribution in [0.5, 0.6) is 0 Å². The van der Waals surface area contributed by atoms with Gasteiger partial charge in [0.15, 0.2) is 0 Å². The molecule has 80 valence electrons. The maximum atomic E-state index is 4.13. The first-order valence-electron chi connectivity index (χ1n) is 5.52. The summed E-state index contributed by atoms with van der Waals surface area (Å²) >= 11 is 0. The van der Waals surface area contributed by atoms with E-state index in [0.717, 1.165) is 19.5 Å². The molecule has 0 fully saturated rings. The lowest BCUT2D eigenvalue weighted by Gasteiger charge is -2.04. The van der Waals surface area contributed by atoms with Crippen LogP contribution in [-0.4, -0.2) is 22.9 Å². The van der Waals surface area contributed by atoms with Gasteiger partial charge in [0.2, 0.25) is 0 Å². The minimum absolute atomic E-state index is 1.06. The van der Waals surface area contributed by atoms with Crippen LogP contribution in [0.3, 0.4) is 0 Å². The summed E-state index contributed by atoms with van der Waals surface area (Å²) in [6.07, 6.45) is 6.85. The van der Waals surface area contributed by atoms with Crippen molar-refractivity contribution < 1.29 is 0 Å². The number of nitrogens with one attached hydrogen (secondary N) is 1. The zero-order valence-corrected chi connectivity index (χ0v) is 9.29. The molecule has 0 aromatic carbocycles. The Bertz CT molecular complexity index is 242. The number of hydrogen-bond donors (Lipinski definition) is 1. The molecule has 0 aliphatic rings. The van der Waals surface area contributed by atoms with Gasteiger partial charge in [0.05, 0.1) is 0 Å². The number of aryl methyl sites for hydroxylation is 1. The lowest BCUT2D eigenvalue weighted by molar-refractivity contribution is 0.602. The summed E-state index contributed by atoms with van der Waals surface area (Å²) in [5.41, 5.74) is 1.30. The first-order chi connectivity index (χ1) is 6.84. The zero-order chi connectivity index (χ0) is 10.2. The van der Waals surface area contributed by atoms with E-state index in [1.165, 1.54) is 25.0 Å². The van der Waals surface area contributed by atoms with Gasteiger partial charge < -0.3 is 5.32 Å². The fourth-order valence-corrected chi connectivity index (χ4v) is 1.49. The highest BCUT2D eigenvalue weighted by molar-refractivity contribution is 5.00. The molecule has 0 saturated heterocycles. The Kier molecular flexibility index (Phi) is 5.30. The van der Waals surface area contributed by atoms with Crippen molar-refractivity contribution in [3.05, 3.63) is 18.0 Å². The Labute approximate surface area is 86.5 Å². The van der Waals surface area contributed by atoms with E-state index in [2.05, 4.69) is 23.4 Å². The largest absolute Gasteiger partial charge is 0.316 e. The number of hydrogen-bond acceptors (Lipinski definition) is 2. The minimum Gasteiger partial charge on any atom is -0.316 e. The third-order valence-electron chi connectivity index (χ3n) is 2.44. The molecule has 14 heavy (non-hydrogen) atoms. The predicted octanol–water partition coefficient (Wildman–Crippen LogP) is 1.74. The van der Waals surface area contributed by atoms with E-state index >= 15 is 0 Å². The molecule has 0 aliphatic carbocycles. The molecular weight excluding hydrogens is 174 g/mol. The van der Waals surface area contributed by atoms with E-state index in [1.54, 1.807) is 0 Å². The normalized spacial score (nSPS) is 10.7. The van der Waals surface area contributed by atoms with Gasteiger partial charge in [-0.05, 0) is 19.0 Å². The van der Waals surface area contributed by atoms with Crippen molar-refractivity contribution in [2.45, 2.75) is 32.6 Å². The Balaban J connectivity index is 2.02. The number of unbranched alkanes of at least 4 members (excludes halogenated alkanes) is 2. The Morgan fingerprint density at radius 1 is 1.36 bits per heavy atom. The van der Waals surface area contributed by atoms with E-state index in [4.69, 9.17) is 0 Å². The standard InChI is InChI=1S/C11H21N3/c1-3-4-5-8-12-9-6-11-7-10-13-14(11)2/h7,10,12H,3-6,8-9H2,1-2H3. The maximum Gasteiger partial charge on any atom is 0.0492 e. The lowest BCUT2D eigenvalue weighted by Crippen LogP contribution is -2.19. The highest BCUT2D eigenvalue weighted by Crippen LogP contribution is 1.96. The van der Waals surface area contributed by atoms with Crippen LogP contribution in [-0.2, 0) is 13.5 Å². The smallest absolute Gasteiger partial charge is 0.0492 e. The predicted molar refractivity (Wildman–Crippen MR) is 59.3 cm³/mol. The van der Waals surface area contributed by atoms with Gasteiger partial charge in [-0.1, -0.05) is 19.8 Å². The molecule has 0 saturated carbocycles. The van der Waals surface area contributed by atoms with Crippen LogP contribution in [0, 0.1) is 0 Å². The van der Waals surface area contributed by atoms with Gasteiger partial charge in [-0.25, -0.2) is 0 Å². The third-order valence-corrected chi connectivity index (χ3v) is 2.44. The number of rotatable bonds is 7. The second-order valence-corrected chi connectivity index (χ2v) is 3.65. The van der Waals surface area contributed by atoms with Gasteiger partial charge in [0, 0.05) is 31.9 Å². The molecule has 0 unspecified atom stereocenters. The zero-order valence-electron chi connectivity index (χ0n) is 9.29. The molecule has 1 aromatic heterocycles. The monoisotopic (exact) mass is 195 g/mol. The molecule has 0 radical (unpaired) electrons. The summed E-state index contributed by atoms with van der Waals surface area (Å²) in [7, 11) is 1.99. The van der Waals surface area contributed by atoms with E-state index in [9.17, 15) is 0 Å². The number of nitrogens with zero attached hydrogens (tertiary/aromatic N) is 2. The molecule has 1 aromatic rings. The average Bonchev–Trinajstić information content (AvgIpc) is 2.58. The van der Waals surface area contributed by atoms with E-state index in [-0.39, 0.29) is 0 Å². The third kappa shape index (κ3) is 3.92. The first-order valence-corrected chi connectivity index (χ1v) is 5.52. The highest BCUT2D eigenvalue weighted by Gasteiger charge is 1.96. The average molecular weight is 195 g/mol. The molecule has 0 atom stereocenters. The summed E-state index contributed by atoms with van der Waals surface area (Å²) in [5, 5.41) is 7.58. The Morgan fingerprint density at radius 3 is 2.86 bits per heavy atom. The fourth-order valence-electron chi connectivity index (χ4n) is 1.49. The fraction of sp³-hybridized carbons (Fsp3) is 0.727. The summed E-state index contributed by atoms with van der Waals surface area (Å²) in [5.74, 6) is 0. The van der Waals surface area contributed by atoms with Gasteiger partial charge in [-0.2, -0.15) is 5.10 Å². The second-order valence-electron chi connectivity index (χ2n) is 3.65. The summed E-state index contributed by atoms with van der Waals surface area (Å²) in [4.78, 5) is 0. The molecular formula is C11H21N3. The number of aromatic nitrogens is 2. The minimum atomic E-state index is 1.06. The molecule has 3 heteroatoms. The summed E-state index contributed by atoms with van der Waals surface area (Å²) in [6, 6.07) is 2.08. The Morgan fingerprint density at radius 2 is 2.21 bits per heavy atom. The molecule has 1 heterocycles. The van der Waals surface area contributed by atoms with Crippen LogP contribution in [0.4, 0.5) is 0 Å². The van der Waals surface area contributed by atoms with Crippen LogP contribution in [0.15, 0.2) is 12.3 Å².